The third kappa shape index (κ3) is 4.10. The molecule has 0 aromatic heterocycles. The van der Waals surface area contributed by atoms with Gasteiger partial charge in [-0.3, -0.25) is 0 Å². The van der Waals surface area contributed by atoms with E-state index >= 15 is 0 Å². The molecular weight excluding hydrogens is 360 g/mol. The molecule has 23 heavy (non-hydrogen) atoms. The Balaban J connectivity index is 2.19. The molecule has 0 unspecified atom stereocenters. The van der Waals surface area contributed by atoms with E-state index in [0.29, 0.717) is 0 Å². The molecule has 0 atom stereocenters. The highest BCUT2D eigenvalue weighted by molar-refractivity contribution is 9.10. The molecule has 4 nitrogen and oxygen atoms in total. The Labute approximate surface area is 145 Å². The molecule has 2 aromatic rings. The highest BCUT2D eigenvalue weighted by atomic mass is 79.9. The summed E-state index contributed by atoms with van der Waals surface area (Å²) in [4.78, 5) is 0. The molecule has 0 aliphatic carbocycles. The van der Waals surface area contributed by atoms with Gasteiger partial charge in [0, 0.05) is 6.07 Å². The van der Waals surface area contributed by atoms with Crippen molar-refractivity contribution in [3.8, 4) is 23.0 Å². The maximum atomic E-state index is 5.47. The van der Waals surface area contributed by atoms with Crippen molar-refractivity contribution in [3.63, 3.8) is 0 Å². The number of hydrogen-bond acceptors (Lipinski definition) is 4. The lowest BCUT2D eigenvalue weighted by atomic mass is 10.0. The maximum absolute atomic E-state index is 5.47. The Morgan fingerprint density at radius 3 is 1.96 bits per heavy atom. The van der Waals surface area contributed by atoms with Crippen LogP contribution in [0.25, 0.3) is 0 Å². The molecule has 2 aromatic carbocycles. The summed E-state index contributed by atoms with van der Waals surface area (Å²) < 4.78 is 22.3. The molecule has 124 valence electrons. The predicted octanol–water partition coefficient (Wildman–Crippen LogP) is 4.27. The van der Waals surface area contributed by atoms with Crippen LogP contribution in [-0.2, 0) is 12.8 Å². The summed E-state index contributed by atoms with van der Waals surface area (Å²) in [6, 6.07) is 9.91. The number of ether oxygens (including phenoxy) is 4. The van der Waals surface area contributed by atoms with Gasteiger partial charge in [-0.2, -0.15) is 0 Å². The Bertz CT molecular complexity index is 670. The third-order valence-corrected chi connectivity index (χ3v) is 4.31. The average molecular weight is 381 g/mol. The number of rotatable bonds is 7. The number of benzene rings is 2. The molecule has 0 fully saturated rings. The molecule has 0 saturated carbocycles. The van der Waals surface area contributed by atoms with E-state index in [2.05, 4.69) is 15.9 Å². The second kappa shape index (κ2) is 8.11. The molecule has 5 heteroatoms. The third-order valence-electron chi connectivity index (χ3n) is 3.69. The van der Waals surface area contributed by atoms with Gasteiger partial charge in [0.2, 0.25) is 0 Å². The lowest BCUT2D eigenvalue weighted by molar-refractivity contribution is 0.354. The van der Waals surface area contributed by atoms with Gasteiger partial charge in [-0.05, 0) is 58.1 Å². The summed E-state index contributed by atoms with van der Waals surface area (Å²) in [6.07, 6.45) is 1.72. The predicted molar refractivity (Wildman–Crippen MR) is 94.2 cm³/mol. The minimum Gasteiger partial charge on any atom is -0.496 e. The largest absolute Gasteiger partial charge is 0.496 e. The van der Waals surface area contributed by atoms with Crippen LogP contribution >= 0.6 is 15.9 Å². The summed E-state index contributed by atoms with van der Waals surface area (Å²) in [5.41, 5.74) is 2.30. The summed E-state index contributed by atoms with van der Waals surface area (Å²) >= 11 is 3.52. The second-order valence-electron chi connectivity index (χ2n) is 4.99. The van der Waals surface area contributed by atoms with E-state index in [9.17, 15) is 0 Å². The Hall–Kier alpha value is -1.88. The molecule has 0 aliphatic heterocycles. The zero-order chi connectivity index (χ0) is 16.8. The fourth-order valence-corrected chi connectivity index (χ4v) is 2.99. The standard InChI is InChI=1S/C18H21BrO4/c1-20-15-8-6-12(9-18(15)23-4)5-7-13-10-14(19)17(22-3)11-16(13)21-2/h6,8-11H,5,7H2,1-4H3. The smallest absolute Gasteiger partial charge is 0.160 e. The summed E-state index contributed by atoms with van der Waals surface area (Å²) in [5, 5.41) is 0. The Morgan fingerprint density at radius 1 is 0.696 bits per heavy atom. The van der Waals surface area contributed by atoms with Crippen molar-refractivity contribution in [2.45, 2.75) is 12.8 Å². The van der Waals surface area contributed by atoms with E-state index in [4.69, 9.17) is 18.9 Å². The Morgan fingerprint density at radius 2 is 1.35 bits per heavy atom. The van der Waals surface area contributed by atoms with Gasteiger partial charge in [-0.25, -0.2) is 0 Å². The van der Waals surface area contributed by atoms with Gasteiger partial charge in [0.15, 0.2) is 11.5 Å². The first-order valence-corrected chi connectivity index (χ1v) is 8.03. The fraction of sp³-hybridized carbons (Fsp3) is 0.333. The first-order valence-electron chi connectivity index (χ1n) is 7.24. The van der Waals surface area contributed by atoms with E-state index in [-0.39, 0.29) is 0 Å². The van der Waals surface area contributed by atoms with Crippen LogP contribution < -0.4 is 18.9 Å². The minimum atomic E-state index is 0.737. The summed E-state index contributed by atoms with van der Waals surface area (Å²) in [7, 11) is 6.59. The van der Waals surface area contributed by atoms with E-state index in [0.717, 1.165) is 45.9 Å². The molecule has 0 amide bonds. The molecule has 0 radical (unpaired) electrons. The van der Waals surface area contributed by atoms with E-state index in [1.165, 1.54) is 5.56 Å². The highest BCUT2D eigenvalue weighted by Crippen LogP contribution is 2.34. The monoisotopic (exact) mass is 380 g/mol. The zero-order valence-corrected chi connectivity index (χ0v) is 15.4. The molecule has 0 N–H and O–H groups in total. The van der Waals surface area contributed by atoms with Crippen molar-refractivity contribution < 1.29 is 18.9 Å². The van der Waals surface area contributed by atoms with Gasteiger partial charge in [0.1, 0.15) is 11.5 Å². The molecule has 0 saturated heterocycles. The van der Waals surface area contributed by atoms with Crippen molar-refractivity contribution >= 4 is 15.9 Å². The fourth-order valence-electron chi connectivity index (χ4n) is 2.43. The Kier molecular flexibility index (Phi) is 6.16. The van der Waals surface area contributed by atoms with Gasteiger partial charge < -0.3 is 18.9 Å². The van der Waals surface area contributed by atoms with Crippen LogP contribution in [0.1, 0.15) is 11.1 Å². The number of hydrogen-bond donors (Lipinski definition) is 0. The lowest BCUT2D eigenvalue weighted by Crippen LogP contribution is -1.98. The van der Waals surface area contributed by atoms with Gasteiger partial charge in [-0.1, -0.05) is 6.07 Å². The first-order chi connectivity index (χ1) is 11.1. The lowest BCUT2D eigenvalue weighted by Gasteiger charge is -2.13. The van der Waals surface area contributed by atoms with Crippen LogP contribution in [0.3, 0.4) is 0 Å². The van der Waals surface area contributed by atoms with Crippen LogP contribution in [0, 0.1) is 0 Å². The summed E-state index contributed by atoms with van der Waals surface area (Å²) in [5.74, 6) is 3.07. The minimum absolute atomic E-state index is 0.737. The van der Waals surface area contributed by atoms with E-state index in [1.807, 2.05) is 30.3 Å². The van der Waals surface area contributed by atoms with Crippen molar-refractivity contribution in [2.75, 3.05) is 28.4 Å². The molecule has 0 aliphatic rings. The average Bonchev–Trinajstić information content (AvgIpc) is 2.59. The van der Waals surface area contributed by atoms with Gasteiger partial charge in [-0.15, -0.1) is 0 Å². The van der Waals surface area contributed by atoms with Crippen molar-refractivity contribution in [3.05, 3.63) is 45.9 Å². The van der Waals surface area contributed by atoms with Gasteiger partial charge in [0.05, 0.1) is 32.9 Å². The normalized spacial score (nSPS) is 10.3. The highest BCUT2D eigenvalue weighted by Gasteiger charge is 2.11. The van der Waals surface area contributed by atoms with Crippen molar-refractivity contribution in [2.24, 2.45) is 0 Å². The molecule has 2 rings (SSSR count). The maximum Gasteiger partial charge on any atom is 0.160 e. The van der Waals surface area contributed by atoms with Crippen molar-refractivity contribution in [1.82, 2.24) is 0 Å². The SMILES string of the molecule is COc1cc(OC)c(CCc2ccc(OC)c(OC)c2)cc1Br. The number of methoxy groups -OCH3 is 4. The van der Waals surface area contributed by atoms with Crippen molar-refractivity contribution in [1.29, 1.82) is 0 Å². The quantitative estimate of drug-likeness (QED) is 0.718. The second-order valence-corrected chi connectivity index (χ2v) is 5.84. The van der Waals surface area contributed by atoms with Gasteiger partial charge in [0.25, 0.3) is 0 Å². The molecule has 0 bridgehead atoms. The topological polar surface area (TPSA) is 36.9 Å². The van der Waals surface area contributed by atoms with Crippen LogP contribution in [0.15, 0.2) is 34.8 Å². The van der Waals surface area contributed by atoms with E-state index < -0.39 is 0 Å². The van der Waals surface area contributed by atoms with Crippen LogP contribution in [0.2, 0.25) is 0 Å². The first kappa shape index (κ1) is 17.5. The number of aryl methyl sites for hydroxylation is 2. The molecule has 0 spiro atoms. The van der Waals surface area contributed by atoms with E-state index in [1.54, 1.807) is 28.4 Å². The van der Waals surface area contributed by atoms with Crippen LogP contribution in [-0.4, -0.2) is 28.4 Å². The van der Waals surface area contributed by atoms with Crippen LogP contribution in [0.4, 0.5) is 0 Å². The van der Waals surface area contributed by atoms with Crippen LogP contribution in [0.5, 0.6) is 23.0 Å². The summed E-state index contributed by atoms with van der Waals surface area (Å²) in [6.45, 7) is 0. The molecule has 0 heterocycles. The zero-order valence-electron chi connectivity index (χ0n) is 13.8. The number of halogens is 1. The molecular formula is C18H21BrO4. The van der Waals surface area contributed by atoms with Gasteiger partial charge >= 0.3 is 0 Å².